The van der Waals surface area contributed by atoms with E-state index in [0.717, 1.165) is 61.8 Å². The van der Waals surface area contributed by atoms with E-state index in [9.17, 15) is 10.2 Å². The van der Waals surface area contributed by atoms with Gasteiger partial charge in [-0.25, -0.2) is 0 Å². The van der Waals surface area contributed by atoms with Crippen molar-refractivity contribution in [2.45, 2.75) is 63.5 Å². The highest BCUT2D eigenvalue weighted by atomic mass is 79.9. The molecule has 39 heavy (non-hydrogen) atoms. The number of likely N-dealkylation sites (tertiary alicyclic amines) is 1. The third kappa shape index (κ3) is 6.53. The number of fused-ring (bicyclic) bond motifs is 4. The van der Waals surface area contributed by atoms with Crippen LogP contribution < -0.4 is 14.8 Å². The van der Waals surface area contributed by atoms with Gasteiger partial charge in [-0.3, -0.25) is 4.90 Å². The van der Waals surface area contributed by atoms with Gasteiger partial charge in [-0.05, 0) is 99.6 Å². The Kier molecular flexibility index (Phi) is 11.4. The first-order valence-corrected chi connectivity index (χ1v) is 13.9. The van der Waals surface area contributed by atoms with Crippen LogP contribution in [0.2, 0.25) is 0 Å². The molecule has 0 radical (unpaired) electrons. The summed E-state index contributed by atoms with van der Waals surface area (Å²) in [6.07, 6.45) is 11.1. The van der Waals surface area contributed by atoms with Crippen molar-refractivity contribution in [1.29, 1.82) is 0 Å². The molecule has 2 aliphatic carbocycles. The number of piperidine rings is 2. The Balaban J connectivity index is 0.000000205. The van der Waals surface area contributed by atoms with E-state index in [1.54, 1.807) is 20.3 Å². The lowest BCUT2D eigenvalue weighted by Gasteiger charge is -2.44. The van der Waals surface area contributed by atoms with E-state index < -0.39 is 0 Å². The maximum absolute atomic E-state index is 10.0. The number of halogens is 2. The van der Waals surface area contributed by atoms with Gasteiger partial charge in [-0.15, -0.1) is 36.0 Å². The molecule has 2 aromatic rings. The van der Waals surface area contributed by atoms with Crippen molar-refractivity contribution >= 4 is 29.4 Å². The number of phenols is 2. The first-order chi connectivity index (χ1) is 18.0. The molecule has 4 atom stereocenters. The number of nitrogens with zero attached hydrogens (tertiary/aromatic N) is 1. The van der Waals surface area contributed by atoms with Crippen LogP contribution in [-0.4, -0.2) is 61.1 Å². The van der Waals surface area contributed by atoms with Gasteiger partial charge < -0.3 is 25.0 Å². The summed E-state index contributed by atoms with van der Waals surface area (Å²) >= 11 is 0. The highest BCUT2D eigenvalue weighted by Crippen LogP contribution is 2.42. The number of methoxy groups -OCH3 is 2. The Morgan fingerprint density at radius 1 is 0.949 bits per heavy atom. The molecule has 6 rings (SSSR count). The molecule has 2 heterocycles. The van der Waals surface area contributed by atoms with Crippen molar-refractivity contribution in [1.82, 2.24) is 10.2 Å². The summed E-state index contributed by atoms with van der Waals surface area (Å²) in [5.41, 5.74) is 4.93. The van der Waals surface area contributed by atoms with Crippen LogP contribution in [0.5, 0.6) is 23.0 Å². The average Bonchev–Trinajstić information content (AvgIpc) is 2.93. The summed E-state index contributed by atoms with van der Waals surface area (Å²) in [6.45, 7) is 7.11. The summed E-state index contributed by atoms with van der Waals surface area (Å²) in [7, 11) is 3.45. The summed E-state index contributed by atoms with van der Waals surface area (Å²) in [5, 5.41) is 23.3. The van der Waals surface area contributed by atoms with E-state index in [1.165, 1.54) is 48.9 Å². The molecular weight excluding hydrogens is 580 g/mol. The largest absolute Gasteiger partial charge is 0.504 e. The molecule has 0 amide bonds. The average molecular weight is 624 g/mol. The van der Waals surface area contributed by atoms with Gasteiger partial charge in [0.25, 0.3) is 0 Å². The Morgan fingerprint density at radius 2 is 1.67 bits per heavy atom. The topological polar surface area (TPSA) is 74.2 Å². The van der Waals surface area contributed by atoms with E-state index in [2.05, 4.69) is 22.9 Å². The summed E-state index contributed by atoms with van der Waals surface area (Å²) in [4.78, 5) is 2.51. The second-order valence-electron chi connectivity index (χ2n) is 11.0. The molecule has 4 aliphatic rings. The lowest BCUT2D eigenvalue weighted by Crippen LogP contribution is -2.49. The van der Waals surface area contributed by atoms with E-state index in [1.807, 2.05) is 18.2 Å². The van der Waals surface area contributed by atoms with Gasteiger partial charge in [0.1, 0.15) is 0 Å². The maximum Gasteiger partial charge on any atom is 0.164 e. The van der Waals surface area contributed by atoms with Gasteiger partial charge in [0.2, 0.25) is 0 Å². The number of rotatable bonds is 4. The normalized spacial score (nSPS) is 25.0. The minimum absolute atomic E-state index is 0. The second-order valence-corrected chi connectivity index (χ2v) is 11.0. The standard InChI is InChI=1S/C16H21NO2.C15H21NO2.BrH.ClH/c1-2-7-17-8-3-4-12-9-13-11(10-14(12)17)5-6-15(18)16(13)19;1-17-14-6-5-10-9-13-11(4-3-7-16-13)8-12(10)15(14)18-2;;/h2,5-6,12,14,18-19H,1,3-4,7-10H2;5-6,11,13,16H,3-4,7-9H2,1-2H3;2*1H/t12-,14-;11-,13-;;/m11../s1. The summed E-state index contributed by atoms with van der Waals surface area (Å²) in [6, 6.07) is 9.01. The number of hydrogen-bond acceptors (Lipinski definition) is 6. The van der Waals surface area contributed by atoms with Crippen LogP contribution in [0.15, 0.2) is 36.9 Å². The van der Waals surface area contributed by atoms with Gasteiger partial charge in [0.15, 0.2) is 23.0 Å². The number of ether oxygens (including phenoxy) is 2. The molecular formula is C31H44BrClN2O4. The molecule has 2 saturated heterocycles. The van der Waals surface area contributed by atoms with E-state index in [4.69, 9.17) is 9.47 Å². The summed E-state index contributed by atoms with van der Waals surface area (Å²) in [5.74, 6) is 3.26. The van der Waals surface area contributed by atoms with Crippen molar-refractivity contribution in [2.24, 2.45) is 11.8 Å². The van der Waals surface area contributed by atoms with Gasteiger partial charge >= 0.3 is 0 Å². The predicted octanol–water partition coefficient (Wildman–Crippen LogP) is 5.63. The zero-order valence-corrected chi connectivity index (χ0v) is 25.7. The first kappa shape index (κ1) is 31.6. The van der Waals surface area contributed by atoms with Crippen molar-refractivity contribution in [3.8, 4) is 23.0 Å². The summed E-state index contributed by atoms with van der Waals surface area (Å²) < 4.78 is 11.0. The molecule has 6 nitrogen and oxygen atoms in total. The maximum atomic E-state index is 10.0. The molecule has 2 aromatic carbocycles. The van der Waals surface area contributed by atoms with E-state index >= 15 is 0 Å². The quantitative estimate of drug-likeness (QED) is 0.303. The smallest absolute Gasteiger partial charge is 0.164 e. The fraction of sp³-hybridized carbons (Fsp3) is 0.548. The van der Waals surface area contributed by atoms with Gasteiger partial charge in [0, 0.05) is 29.8 Å². The number of hydrogen-bond donors (Lipinski definition) is 3. The van der Waals surface area contributed by atoms with E-state index in [0.29, 0.717) is 18.0 Å². The monoisotopic (exact) mass is 622 g/mol. The molecule has 0 spiro atoms. The molecule has 0 bridgehead atoms. The minimum atomic E-state index is 0. The lowest BCUT2D eigenvalue weighted by atomic mass is 9.75. The zero-order chi connectivity index (χ0) is 25.9. The van der Waals surface area contributed by atoms with Crippen molar-refractivity contribution in [3.63, 3.8) is 0 Å². The van der Waals surface area contributed by atoms with Crippen LogP contribution in [-0.2, 0) is 25.7 Å². The highest BCUT2D eigenvalue weighted by Gasteiger charge is 2.36. The molecule has 2 aliphatic heterocycles. The highest BCUT2D eigenvalue weighted by molar-refractivity contribution is 8.93. The molecule has 0 aromatic heterocycles. The van der Waals surface area contributed by atoms with Crippen LogP contribution in [0, 0.1) is 11.8 Å². The predicted molar refractivity (Wildman–Crippen MR) is 165 cm³/mol. The number of aromatic hydroxyl groups is 2. The molecule has 2 fully saturated rings. The Morgan fingerprint density at radius 3 is 2.41 bits per heavy atom. The molecule has 3 N–H and O–H groups in total. The fourth-order valence-corrected chi connectivity index (χ4v) is 7.16. The van der Waals surface area contributed by atoms with Crippen molar-refractivity contribution in [2.75, 3.05) is 33.9 Å². The lowest BCUT2D eigenvalue weighted by molar-refractivity contribution is 0.0965. The molecule has 8 heteroatoms. The van der Waals surface area contributed by atoms with Crippen LogP contribution in [0.3, 0.4) is 0 Å². The number of phenolic OH excluding ortho intramolecular Hbond substituents is 2. The minimum Gasteiger partial charge on any atom is -0.504 e. The van der Waals surface area contributed by atoms with Crippen LogP contribution >= 0.6 is 29.4 Å². The van der Waals surface area contributed by atoms with Gasteiger partial charge in [-0.1, -0.05) is 18.2 Å². The molecule has 0 unspecified atom stereocenters. The fourth-order valence-electron chi connectivity index (χ4n) is 7.16. The number of benzene rings is 2. The van der Waals surface area contributed by atoms with E-state index in [-0.39, 0.29) is 40.9 Å². The third-order valence-corrected chi connectivity index (χ3v) is 9.03. The van der Waals surface area contributed by atoms with Gasteiger partial charge in [-0.2, -0.15) is 0 Å². The zero-order valence-electron chi connectivity index (χ0n) is 23.2. The third-order valence-electron chi connectivity index (χ3n) is 9.03. The van der Waals surface area contributed by atoms with Crippen LogP contribution in [0.1, 0.15) is 47.9 Å². The molecule has 216 valence electrons. The Hall–Kier alpha value is -1.93. The van der Waals surface area contributed by atoms with Crippen LogP contribution in [0.4, 0.5) is 0 Å². The van der Waals surface area contributed by atoms with Crippen molar-refractivity contribution in [3.05, 3.63) is 59.2 Å². The SMILES string of the molecule is Br.C=CCN1CCC[C@@H]2Cc3c(ccc(O)c3O)C[C@H]21.COc1ccc2c(c1OC)C[C@H]1CCCN[C@@H]1C2.Cl. The first-order valence-electron chi connectivity index (χ1n) is 13.9. The van der Waals surface area contributed by atoms with Crippen LogP contribution in [0.25, 0.3) is 0 Å². The Bertz CT molecular complexity index is 1130. The van der Waals surface area contributed by atoms with Crippen molar-refractivity contribution < 1.29 is 19.7 Å². The van der Waals surface area contributed by atoms with Gasteiger partial charge in [0.05, 0.1) is 14.2 Å². The second kappa shape index (κ2) is 14.1. The molecule has 0 saturated carbocycles. The Labute approximate surface area is 250 Å². The number of nitrogens with one attached hydrogen (secondary N) is 1.